The van der Waals surface area contributed by atoms with Crippen molar-refractivity contribution in [3.05, 3.63) is 60.2 Å². The Labute approximate surface area is 289 Å². The van der Waals surface area contributed by atoms with Gasteiger partial charge in [-0.25, -0.2) is 0 Å². The summed E-state index contributed by atoms with van der Waals surface area (Å²) in [6, 6.07) is 16.4. The predicted octanol–water partition coefficient (Wildman–Crippen LogP) is -7.07. The average Bonchev–Trinajstić information content (AvgIpc) is 2.51. The molecule has 6 nitrogen and oxygen atoms in total. The topological polar surface area (TPSA) is 113 Å². The Morgan fingerprint density at radius 2 is 1.56 bits per heavy atom. The van der Waals surface area contributed by atoms with Crippen LogP contribution in [-0.2, 0) is 22.1 Å². The Balaban J connectivity index is 0. The molecule has 27 heavy (non-hydrogen) atoms. The van der Waals surface area contributed by atoms with Gasteiger partial charge in [0.05, 0.1) is 0 Å². The third kappa shape index (κ3) is 12.9. The van der Waals surface area contributed by atoms with Crippen molar-refractivity contribution in [1.29, 1.82) is 0 Å². The molecule has 0 aromatic heterocycles. The second-order valence-electron chi connectivity index (χ2n) is 5.21. The van der Waals surface area contributed by atoms with Gasteiger partial charge >= 0.3 is 154 Å². The number of para-hydroxylation sites is 1. The third-order valence-electron chi connectivity index (χ3n) is 3.37. The zero-order valence-corrected chi connectivity index (χ0v) is 26.8. The van der Waals surface area contributed by atoms with Crippen LogP contribution in [0.25, 0.3) is 0 Å². The third-order valence-corrected chi connectivity index (χ3v) is 6.30. The molecule has 0 aliphatic rings. The van der Waals surface area contributed by atoms with Gasteiger partial charge in [-0.2, -0.15) is 0 Å². The van der Waals surface area contributed by atoms with Crippen molar-refractivity contribution in [2.24, 2.45) is 0 Å². The molecule has 0 amide bonds. The number of hydrogen-bond donors (Lipinski definition) is 0. The fraction of sp³-hybridized carbons (Fsp3) is 0.250. The number of ether oxygens (including phenoxy) is 1. The van der Waals surface area contributed by atoms with Crippen LogP contribution in [0.2, 0.25) is 0 Å². The van der Waals surface area contributed by atoms with Crippen molar-refractivity contribution in [3.63, 3.8) is 0 Å². The van der Waals surface area contributed by atoms with E-state index in [1.165, 1.54) is 0 Å². The SMILES string of the molecule is O=S([O-])C(CCCc1cccc(Oc2ccccc2)c1)P(=O)([O-])[O-].[K+].[K+].[K+]. The summed E-state index contributed by atoms with van der Waals surface area (Å²) in [6.45, 7) is 0. The van der Waals surface area contributed by atoms with Gasteiger partial charge in [-0.15, -0.1) is 0 Å². The summed E-state index contributed by atoms with van der Waals surface area (Å²) in [7, 11) is -5.15. The first kappa shape index (κ1) is 32.6. The van der Waals surface area contributed by atoms with E-state index >= 15 is 0 Å². The van der Waals surface area contributed by atoms with Crippen LogP contribution in [-0.4, -0.2) is 13.8 Å². The van der Waals surface area contributed by atoms with E-state index in [4.69, 9.17) is 4.74 Å². The Morgan fingerprint density at radius 3 is 2.11 bits per heavy atom. The molecule has 0 bridgehead atoms. The van der Waals surface area contributed by atoms with E-state index in [-0.39, 0.29) is 167 Å². The molecule has 11 heteroatoms. The maximum atomic E-state index is 10.9. The molecule has 0 spiro atoms. The molecule has 0 saturated carbocycles. The van der Waals surface area contributed by atoms with Crippen LogP contribution < -0.4 is 169 Å². The van der Waals surface area contributed by atoms with Crippen molar-refractivity contribution in [1.82, 2.24) is 0 Å². The van der Waals surface area contributed by atoms with Crippen LogP contribution in [0.5, 0.6) is 11.5 Å². The van der Waals surface area contributed by atoms with E-state index in [0.717, 1.165) is 5.56 Å². The molecule has 2 aromatic rings. The van der Waals surface area contributed by atoms with Crippen LogP contribution >= 0.6 is 7.60 Å². The largest absolute Gasteiger partial charge is 1.00 e. The van der Waals surface area contributed by atoms with E-state index in [1.54, 1.807) is 18.2 Å². The molecule has 2 aromatic carbocycles. The van der Waals surface area contributed by atoms with Crippen molar-refractivity contribution >= 4 is 18.7 Å². The number of hydrogen-bond acceptors (Lipinski definition) is 6. The van der Waals surface area contributed by atoms with Gasteiger partial charge in [0.1, 0.15) is 11.5 Å². The fourth-order valence-corrected chi connectivity index (χ4v) is 3.93. The molecule has 0 radical (unpaired) electrons. The Hall–Kier alpha value is 3.41. The van der Waals surface area contributed by atoms with E-state index in [1.807, 2.05) is 36.4 Å². The van der Waals surface area contributed by atoms with Gasteiger partial charge in [-0.05, 0) is 60.2 Å². The number of aryl methyl sites for hydroxylation is 1. The molecule has 0 aliphatic heterocycles. The minimum Gasteiger partial charge on any atom is -0.810 e. The summed E-state index contributed by atoms with van der Waals surface area (Å²) in [4.78, 5) is 20.0. The van der Waals surface area contributed by atoms with Crippen molar-refractivity contribution < 1.29 is 182 Å². The van der Waals surface area contributed by atoms with Crippen molar-refractivity contribution in [2.45, 2.75) is 24.3 Å². The summed E-state index contributed by atoms with van der Waals surface area (Å²) in [5.74, 6) is 1.32. The first-order valence-corrected chi connectivity index (χ1v) is 10.0. The maximum Gasteiger partial charge on any atom is 1.00 e. The summed E-state index contributed by atoms with van der Waals surface area (Å²) < 4.78 is 38.3. The Morgan fingerprint density at radius 1 is 0.963 bits per heavy atom. The Bertz CT molecular complexity index is 744. The van der Waals surface area contributed by atoms with Crippen LogP contribution in [0.15, 0.2) is 54.6 Å². The van der Waals surface area contributed by atoms with Gasteiger partial charge in [0.15, 0.2) is 0 Å². The first-order chi connectivity index (χ1) is 11.4. The first-order valence-electron chi connectivity index (χ1n) is 7.28. The van der Waals surface area contributed by atoms with Crippen molar-refractivity contribution in [3.8, 4) is 11.5 Å². The van der Waals surface area contributed by atoms with Gasteiger partial charge in [0.2, 0.25) is 0 Å². The predicted molar refractivity (Wildman–Crippen MR) is 86.2 cm³/mol. The average molecular weight is 485 g/mol. The zero-order valence-electron chi connectivity index (χ0n) is 15.7. The molecule has 0 aliphatic carbocycles. The van der Waals surface area contributed by atoms with Crippen molar-refractivity contribution in [2.75, 3.05) is 0 Å². The van der Waals surface area contributed by atoms with Gasteiger partial charge in [0, 0.05) is 4.99 Å². The van der Waals surface area contributed by atoms with Crippen LogP contribution in [0, 0.1) is 0 Å². The molecule has 0 N–H and O–H groups in total. The maximum absolute atomic E-state index is 10.9. The van der Waals surface area contributed by atoms with Crippen LogP contribution in [0.4, 0.5) is 0 Å². The van der Waals surface area contributed by atoms with E-state index < -0.39 is 23.7 Å². The second kappa shape index (κ2) is 17.0. The minimum absolute atomic E-state index is 0. The van der Waals surface area contributed by atoms with E-state index in [2.05, 4.69) is 0 Å². The fourth-order valence-electron chi connectivity index (χ4n) is 2.23. The van der Waals surface area contributed by atoms with Gasteiger partial charge in [-0.3, -0.25) is 4.21 Å². The molecule has 0 heterocycles. The molecule has 2 unspecified atom stereocenters. The standard InChI is InChI=1S/C16H19O6PS.3K/c17-23(18,19)16(24(20)21)11-5-7-13-6-4-10-15(12-13)22-14-8-2-1-3-9-14;;;/h1-4,6,8-10,12,16H,5,7,11H2,(H,20,21)(H2,17,18,19);;;/q;3*+1/p-3. The summed E-state index contributed by atoms with van der Waals surface area (Å²) >= 11 is -2.92. The van der Waals surface area contributed by atoms with Crippen LogP contribution in [0.3, 0.4) is 0 Å². The summed E-state index contributed by atoms with van der Waals surface area (Å²) in [5.41, 5.74) is 0.866. The molecular formula is C16H16K3O6PS. The van der Waals surface area contributed by atoms with Gasteiger partial charge in [-0.1, -0.05) is 37.9 Å². The molecule has 0 saturated heterocycles. The molecular weight excluding hydrogens is 469 g/mol. The van der Waals surface area contributed by atoms with Gasteiger partial charge in [0.25, 0.3) is 0 Å². The summed E-state index contributed by atoms with van der Waals surface area (Å²) in [6.07, 6.45) is 0.492. The number of rotatable bonds is 8. The Kier molecular flexibility index (Phi) is 20.5. The molecule has 0 fully saturated rings. The zero-order chi connectivity index (χ0) is 17.6. The minimum atomic E-state index is -5.15. The second-order valence-corrected chi connectivity index (χ2v) is 8.35. The molecule has 130 valence electrons. The monoisotopic (exact) mass is 484 g/mol. The number of benzene rings is 2. The molecule has 2 rings (SSSR count). The smallest absolute Gasteiger partial charge is 0.810 e. The van der Waals surface area contributed by atoms with E-state index in [9.17, 15) is 23.1 Å². The van der Waals surface area contributed by atoms with E-state index in [0.29, 0.717) is 17.9 Å². The quantitative estimate of drug-likeness (QED) is 0.209. The normalized spacial score (nSPS) is 12.6. The molecule has 2 atom stereocenters. The van der Waals surface area contributed by atoms with Crippen LogP contribution in [0.1, 0.15) is 18.4 Å². The summed E-state index contributed by atoms with van der Waals surface area (Å²) in [5, 5.41) is 0. The van der Waals surface area contributed by atoms with Gasteiger partial charge < -0.3 is 23.6 Å².